The van der Waals surface area contributed by atoms with Crippen molar-refractivity contribution in [2.24, 2.45) is 0 Å². The highest BCUT2D eigenvalue weighted by Crippen LogP contribution is 2.68. The van der Waals surface area contributed by atoms with Gasteiger partial charge in [0.1, 0.15) is 0 Å². The first-order valence-electron chi connectivity index (χ1n) is 21.4. The lowest BCUT2D eigenvalue weighted by molar-refractivity contribution is 0.636. The van der Waals surface area contributed by atoms with Crippen molar-refractivity contribution in [2.75, 3.05) is 0 Å². The smallest absolute Gasteiger partial charge is 0.164 e. The summed E-state index contributed by atoms with van der Waals surface area (Å²) in [5, 5.41) is 0. The van der Waals surface area contributed by atoms with Crippen molar-refractivity contribution in [3.63, 3.8) is 0 Å². The fourth-order valence-corrected chi connectivity index (χ4v) is 11.2. The Hall–Kier alpha value is -8.01. The first kappa shape index (κ1) is 34.8. The van der Waals surface area contributed by atoms with E-state index < -0.39 is 10.8 Å². The molecule has 10 aromatic rings. The van der Waals surface area contributed by atoms with Gasteiger partial charge in [-0.25, -0.2) is 15.0 Å². The zero-order valence-corrected chi connectivity index (χ0v) is 33.7. The summed E-state index contributed by atoms with van der Waals surface area (Å²) in [4.78, 5) is 14.9. The quantitative estimate of drug-likeness (QED) is 0.174. The Balaban J connectivity index is 1.01. The van der Waals surface area contributed by atoms with Gasteiger partial charge in [-0.05, 0) is 84.0 Å². The third-order valence-corrected chi connectivity index (χ3v) is 13.6. The van der Waals surface area contributed by atoms with Gasteiger partial charge in [-0.15, -0.1) is 0 Å². The maximum atomic E-state index is 5.01. The second-order valence-corrected chi connectivity index (χ2v) is 16.6. The molecule has 0 fully saturated rings. The van der Waals surface area contributed by atoms with Crippen LogP contribution in [0.5, 0.6) is 0 Å². The highest BCUT2D eigenvalue weighted by Gasteiger charge is 2.59. The Labute approximate surface area is 360 Å². The van der Waals surface area contributed by atoms with Crippen molar-refractivity contribution >= 4 is 0 Å². The highest BCUT2D eigenvalue weighted by molar-refractivity contribution is 5.96. The van der Waals surface area contributed by atoms with E-state index in [1.54, 1.807) is 0 Å². The Morgan fingerprint density at radius 2 is 0.645 bits per heavy atom. The van der Waals surface area contributed by atoms with Crippen LogP contribution in [0.25, 0.3) is 67.5 Å². The van der Waals surface area contributed by atoms with Crippen molar-refractivity contribution in [1.29, 1.82) is 0 Å². The van der Waals surface area contributed by atoms with Crippen molar-refractivity contribution in [1.82, 2.24) is 15.0 Å². The van der Waals surface area contributed by atoms with Gasteiger partial charge in [0.05, 0.1) is 10.8 Å². The normalized spacial score (nSPS) is 17.2. The SMILES string of the molecule is c1ccc(-c2nc(-c3ccccc3)nc(-c3ccc(-c4ccc5c(c4)C4(c6ccccc6-5)c5ccccc5C5(c6ccccc6)c6ccccc6-c6cccc4c65)cc3)n2)cc1. The van der Waals surface area contributed by atoms with Crippen LogP contribution in [0, 0.1) is 0 Å². The molecule has 3 nitrogen and oxygen atoms in total. The third-order valence-electron chi connectivity index (χ3n) is 13.6. The zero-order valence-electron chi connectivity index (χ0n) is 33.7. The van der Waals surface area contributed by atoms with Crippen LogP contribution < -0.4 is 0 Å². The molecule has 3 aliphatic carbocycles. The van der Waals surface area contributed by atoms with Gasteiger partial charge in [0, 0.05) is 16.7 Å². The summed E-state index contributed by atoms with van der Waals surface area (Å²) < 4.78 is 0. The third kappa shape index (κ3) is 4.68. The van der Waals surface area contributed by atoms with E-state index in [-0.39, 0.29) is 0 Å². The summed E-state index contributed by atoms with van der Waals surface area (Å²) in [6, 6.07) is 81.9. The molecule has 1 aromatic heterocycles. The molecule has 1 spiro atoms. The largest absolute Gasteiger partial charge is 0.208 e. The van der Waals surface area contributed by atoms with E-state index >= 15 is 0 Å². The van der Waals surface area contributed by atoms with Crippen molar-refractivity contribution in [3.8, 4) is 67.5 Å². The minimum Gasteiger partial charge on any atom is -0.208 e. The Kier molecular flexibility index (Phi) is 7.44. The summed E-state index contributed by atoms with van der Waals surface area (Å²) in [6.07, 6.45) is 0. The number of hydrogen-bond acceptors (Lipinski definition) is 3. The van der Waals surface area contributed by atoms with Gasteiger partial charge in [0.2, 0.25) is 0 Å². The Morgan fingerprint density at radius 3 is 1.26 bits per heavy atom. The molecule has 0 N–H and O–H groups in total. The zero-order chi connectivity index (χ0) is 40.8. The number of fused-ring (bicyclic) bond motifs is 12. The summed E-state index contributed by atoms with van der Waals surface area (Å²) in [5.41, 5.74) is 20.1. The van der Waals surface area contributed by atoms with E-state index in [0.29, 0.717) is 17.5 Å². The fraction of sp³-hybridized carbons (Fsp3) is 0.0339. The second-order valence-electron chi connectivity index (χ2n) is 16.6. The minimum absolute atomic E-state index is 0.466. The van der Waals surface area contributed by atoms with Crippen LogP contribution in [0.1, 0.15) is 44.5 Å². The van der Waals surface area contributed by atoms with Gasteiger partial charge in [0.15, 0.2) is 17.5 Å². The minimum atomic E-state index is -0.545. The molecular weight excluding hydrogens is 751 g/mol. The number of hydrogen-bond donors (Lipinski definition) is 0. The highest BCUT2D eigenvalue weighted by atomic mass is 15.0. The summed E-state index contributed by atoms with van der Waals surface area (Å²) in [7, 11) is 0. The van der Waals surface area contributed by atoms with E-state index in [1.807, 2.05) is 60.7 Å². The van der Waals surface area contributed by atoms with Crippen molar-refractivity contribution < 1.29 is 0 Å². The molecule has 2 unspecified atom stereocenters. The average molecular weight is 788 g/mol. The molecule has 0 bridgehead atoms. The predicted molar refractivity (Wildman–Crippen MR) is 250 cm³/mol. The first-order valence-corrected chi connectivity index (χ1v) is 21.4. The van der Waals surface area contributed by atoms with Crippen LogP contribution in [0.15, 0.2) is 224 Å². The molecule has 13 rings (SSSR count). The molecule has 0 saturated heterocycles. The van der Waals surface area contributed by atoms with Gasteiger partial charge < -0.3 is 0 Å². The van der Waals surface area contributed by atoms with Gasteiger partial charge in [0.25, 0.3) is 0 Å². The standard InChI is InChI=1S/C59H37N3/c1-4-17-39(18-5-1)55-60-56(40-19-6-2-7-20-40)62-57(61-55)41-33-31-38(32-34-41)42-35-36-46-44-23-10-13-27-49(44)59(53(46)37-42)51-29-15-14-28-50(51)58(43-21-8-3-9-22-43)48-26-12-11-24-45(48)47-25-16-30-52(59)54(47)58/h1-37H. The topological polar surface area (TPSA) is 38.7 Å². The number of aromatic nitrogens is 3. The lowest BCUT2D eigenvalue weighted by Crippen LogP contribution is -2.43. The summed E-state index contributed by atoms with van der Waals surface area (Å²) >= 11 is 0. The van der Waals surface area contributed by atoms with Gasteiger partial charge in [-0.1, -0.05) is 218 Å². The lowest BCUT2D eigenvalue weighted by Gasteiger charge is -2.48. The summed E-state index contributed by atoms with van der Waals surface area (Å²) in [6.45, 7) is 0. The van der Waals surface area contributed by atoms with Crippen LogP contribution in [-0.2, 0) is 10.8 Å². The van der Waals surface area contributed by atoms with Crippen LogP contribution in [-0.4, -0.2) is 15.0 Å². The fourth-order valence-electron chi connectivity index (χ4n) is 11.2. The first-order chi connectivity index (χ1) is 30.7. The van der Waals surface area contributed by atoms with Crippen molar-refractivity contribution in [2.45, 2.75) is 10.8 Å². The molecule has 0 aliphatic heterocycles. The molecule has 62 heavy (non-hydrogen) atoms. The average Bonchev–Trinajstić information content (AvgIpc) is 3.83. The van der Waals surface area contributed by atoms with E-state index in [4.69, 9.17) is 15.0 Å². The van der Waals surface area contributed by atoms with Crippen molar-refractivity contribution in [3.05, 3.63) is 269 Å². The molecule has 1 heterocycles. The Bertz CT molecular complexity index is 3340. The molecular formula is C59H37N3. The van der Waals surface area contributed by atoms with E-state index in [2.05, 4.69) is 164 Å². The summed E-state index contributed by atoms with van der Waals surface area (Å²) in [5.74, 6) is 1.95. The Morgan fingerprint density at radius 1 is 0.242 bits per heavy atom. The predicted octanol–water partition coefficient (Wildman–Crippen LogP) is 13.6. The van der Waals surface area contributed by atoms with E-state index in [1.165, 1.54) is 72.3 Å². The molecule has 0 radical (unpaired) electrons. The van der Waals surface area contributed by atoms with Gasteiger partial charge in [-0.2, -0.15) is 0 Å². The van der Waals surface area contributed by atoms with Crippen LogP contribution in [0.3, 0.4) is 0 Å². The number of benzene rings is 9. The number of nitrogens with zero attached hydrogens (tertiary/aromatic N) is 3. The second kappa shape index (κ2) is 13.2. The van der Waals surface area contributed by atoms with Gasteiger partial charge >= 0.3 is 0 Å². The number of rotatable bonds is 5. The van der Waals surface area contributed by atoms with Crippen LogP contribution >= 0.6 is 0 Å². The monoisotopic (exact) mass is 787 g/mol. The molecule has 9 aromatic carbocycles. The molecule has 3 heteroatoms. The molecule has 288 valence electrons. The lowest BCUT2D eigenvalue weighted by atomic mass is 9.52. The van der Waals surface area contributed by atoms with E-state index in [9.17, 15) is 0 Å². The maximum absolute atomic E-state index is 5.01. The van der Waals surface area contributed by atoms with E-state index in [0.717, 1.165) is 22.3 Å². The molecule has 3 aliphatic rings. The maximum Gasteiger partial charge on any atom is 0.164 e. The van der Waals surface area contributed by atoms with Gasteiger partial charge in [-0.3, -0.25) is 0 Å². The molecule has 0 amide bonds. The molecule has 0 saturated carbocycles. The van der Waals surface area contributed by atoms with Crippen LogP contribution in [0.4, 0.5) is 0 Å². The van der Waals surface area contributed by atoms with Crippen LogP contribution in [0.2, 0.25) is 0 Å². The molecule has 2 atom stereocenters.